The largest absolute Gasteiger partial charge is 0.468 e. The molecule has 0 amide bonds. The van der Waals surface area contributed by atoms with Crippen molar-refractivity contribution >= 4 is 5.97 Å². The molecular weight excluding hydrogens is 166 g/mol. The molecule has 0 saturated heterocycles. The van der Waals surface area contributed by atoms with Crippen molar-refractivity contribution in [2.24, 2.45) is 5.41 Å². The van der Waals surface area contributed by atoms with E-state index in [1.165, 1.54) is 7.11 Å². The highest BCUT2D eigenvalue weighted by molar-refractivity contribution is 5.74. The number of carbonyl (C=O) groups is 1. The Kier molecular flexibility index (Phi) is 4.99. The zero-order valence-corrected chi connectivity index (χ0v) is 9.31. The van der Waals surface area contributed by atoms with Gasteiger partial charge in [-0.3, -0.25) is 4.79 Å². The predicted octanol–water partition coefficient (Wildman–Crippen LogP) is 1.57. The normalized spacial score (nSPS) is 13.9. The van der Waals surface area contributed by atoms with Crippen molar-refractivity contribution in [1.29, 1.82) is 0 Å². The third kappa shape index (κ3) is 6.58. The molecule has 13 heavy (non-hydrogen) atoms. The predicted molar refractivity (Wildman–Crippen MR) is 53.6 cm³/mol. The Bertz CT molecular complexity index is 161. The van der Waals surface area contributed by atoms with Gasteiger partial charge in [0.25, 0.3) is 0 Å². The lowest BCUT2D eigenvalue weighted by atomic mass is 9.92. The minimum Gasteiger partial charge on any atom is -0.468 e. The summed E-state index contributed by atoms with van der Waals surface area (Å²) in [7, 11) is 1.41. The molecule has 0 radical (unpaired) electrons. The zero-order chi connectivity index (χ0) is 10.5. The summed E-state index contributed by atoms with van der Waals surface area (Å²) in [5.74, 6) is -0.200. The van der Waals surface area contributed by atoms with E-state index in [0.29, 0.717) is 5.41 Å². The minimum absolute atomic E-state index is 0.200. The summed E-state index contributed by atoms with van der Waals surface area (Å²) in [5, 5.41) is 3.12. The van der Waals surface area contributed by atoms with Gasteiger partial charge in [0.1, 0.15) is 6.04 Å². The first kappa shape index (κ1) is 12.4. The average Bonchev–Trinajstić information content (AvgIpc) is 2.00. The molecule has 3 heteroatoms. The van der Waals surface area contributed by atoms with Crippen LogP contribution in [0, 0.1) is 5.41 Å². The molecule has 0 aromatic heterocycles. The smallest absolute Gasteiger partial charge is 0.322 e. The molecule has 1 unspecified atom stereocenters. The molecule has 3 nitrogen and oxygen atoms in total. The van der Waals surface area contributed by atoms with E-state index in [2.05, 4.69) is 30.8 Å². The Morgan fingerprint density at radius 1 is 1.46 bits per heavy atom. The minimum atomic E-state index is -0.202. The van der Waals surface area contributed by atoms with Gasteiger partial charge in [-0.2, -0.15) is 0 Å². The number of hydrogen-bond donors (Lipinski definition) is 1. The molecule has 0 saturated carbocycles. The summed E-state index contributed by atoms with van der Waals surface area (Å²) >= 11 is 0. The van der Waals surface area contributed by atoms with Crippen molar-refractivity contribution in [2.75, 3.05) is 13.7 Å². The molecule has 0 fully saturated rings. The second-order valence-electron chi connectivity index (χ2n) is 4.51. The first-order valence-electron chi connectivity index (χ1n) is 4.68. The number of ether oxygens (including phenoxy) is 1. The van der Waals surface area contributed by atoms with E-state index in [4.69, 9.17) is 0 Å². The molecule has 0 aromatic carbocycles. The Morgan fingerprint density at radius 3 is 2.38 bits per heavy atom. The summed E-state index contributed by atoms with van der Waals surface area (Å²) < 4.78 is 4.59. The molecule has 1 N–H and O–H groups in total. The van der Waals surface area contributed by atoms with Crippen molar-refractivity contribution in [1.82, 2.24) is 5.32 Å². The van der Waals surface area contributed by atoms with E-state index in [0.717, 1.165) is 13.0 Å². The molecule has 0 rings (SSSR count). The van der Waals surface area contributed by atoms with Gasteiger partial charge < -0.3 is 10.1 Å². The van der Waals surface area contributed by atoms with E-state index in [1.54, 1.807) is 0 Å². The van der Waals surface area contributed by atoms with Gasteiger partial charge in [0.2, 0.25) is 0 Å². The van der Waals surface area contributed by atoms with E-state index in [-0.39, 0.29) is 12.0 Å². The van der Waals surface area contributed by atoms with Crippen LogP contribution in [0.1, 0.15) is 34.1 Å². The number of esters is 1. The van der Waals surface area contributed by atoms with Crippen LogP contribution in [0.25, 0.3) is 0 Å². The van der Waals surface area contributed by atoms with Crippen LogP contribution in [-0.2, 0) is 9.53 Å². The van der Waals surface area contributed by atoms with E-state index >= 15 is 0 Å². The highest BCUT2D eigenvalue weighted by atomic mass is 16.5. The average molecular weight is 187 g/mol. The number of methoxy groups -OCH3 is 1. The third-order valence-electron chi connectivity index (χ3n) is 1.88. The summed E-state index contributed by atoms with van der Waals surface area (Å²) in [5.41, 5.74) is 0.308. The highest BCUT2D eigenvalue weighted by Crippen LogP contribution is 2.16. The van der Waals surface area contributed by atoms with Crippen molar-refractivity contribution in [3.63, 3.8) is 0 Å². The highest BCUT2D eigenvalue weighted by Gasteiger charge is 2.14. The van der Waals surface area contributed by atoms with Crippen molar-refractivity contribution < 1.29 is 9.53 Å². The third-order valence-corrected chi connectivity index (χ3v) is 1.88. The standard InChI is InChI=1S/C10H21NO2/c1-8(9(12)13-5)11-7-6-10(2,3)4/h8,11H,6-7H2,1-5H3. The van der Waals surface area contributed by atoms with Crippen LogP contribution in [0.5, 0.6) is 0 Å². The molecule has 0 heterocycles. The van der Waals surface area contributed by atoms with Crippen LogP contribution in [0.4, 0.5) is 0 Å². The maximum atomic E-state index is 11.0. The van der Waals surface area contributed by atoms with Crippen LogP contribution >= 0.6 is 0 Å². The van der Waals surface area contributed by atoms with Gasteiger partial charge in [-0.25, -0.2) is 0 Å². The molecule has 0 aliphatic rings. The van der Waals surface area contributed by atoms with E-state index in [1.807, 2.05) is 6.92 Å². The van der Waals surface area contributed by atoms with Gasteiger partial charge in [0, 0.05) is 0 Å². The second-order valence-corrected chi connectivity index (χ2v) is 4.51. The van der Waals surface area contributed by atoms with E-state index < -0.39 is 0 Å². The van der Waals surface area contributed by atoms with Gasteiger partial charge in [0.05, 0.1) is 7.11 Å². The van der Waals surface area contributed by atoms with Crippen LogP contribution < -0.4 is 5.32 Å². The fourth-order valence-electron chi connectivity index (χ4n) is 0.924. The van der Waals surface area contributed by atoms with Crippen LogP contribution in [0.15, 0.2) is 0 Å². The summed E-state index contributed by atoms with van der Waals surface area (Å²) in [4.78, 5) is 11.0. The lowest BCUT2D eigenvalue weighted by molar-refractivity contribution is -0.142. The van der Waals surface area contributed by atoms with Gasteiger partial charge in [-0.15, -0.1) is 0 Å². The Hall–Kier alpha value is -0.570. The fraction of sp³-hybridized carbons (Fsp3) is 0.900. The maximum absolute atomic E-state index is 11.0. The topological polar surface area (TPSA) is 38.3 Å². The maximum Gasteiger partial charge on any atom is 0.322 e. The lowest BCUT2D eigenvalue weighted by Crippen LogP contribution is -2.36. The molecule has 0 aromatic rings. The first-order valence-corrected chi connectivity index (χ1v) is 4.68. The Morgan fingerprint density at radius 2 is 2.00 bits per heavy atom. The van der Waals surface area contributed by atoms with Crippen molar-refractivity contribution in [2.45, 2.75) is 40.2 Å². The van der Waals surface area contributed by atoms with Gasteiger partial charge in [-0.1, -0.05) is 20.8 Å². The summed E-state index contributed by atoms with van der Waals surface area (Å²) in [6, 6.07) is -0.202. The second kappa shape index (κ2) is 5.22. The summed E-state index contributed by atoms with van der Waals surface area (Å²) in [6.45, 7) is 9.20. The first-order chi connectivity index (χ1) is 5.87. The van der Waals surface area contributed by atoms with Crippen LogP contribution in [0.3, 0.4) is 0 Å². The molecule has 0 spiro atoms. The Balaban J connectivity index is 3.59. The SMILES string of the molecule is COC(=O)C(C)NCCC(C)(C)C. The van der Waals surface area contributed by atoms with Crippen molar-refractivity contribution in [3.8, 4) is 0 Å². The quantitative estimate of drug-likeness (QED) is 0.679. The number of carbonyl (C=O) groups excluding carboxylic acids is 1. The number of rotatable bonds is 4. The zero-order valence-electron chi connectivity index (χ0n) is 9.31. The fourth-order valence-corrected chi connectivity index (χ4v) is 0.924. The molecule has 78 valence electrons. The molecule has 0 aliphatic carbocycles. The monoisotopic (exact) mass is 187 g/mol. The molecule has 0 bridgehead atoms. The van der Waals surface area contributed by atoms with E-state index in [9.17, 15) is 4.79 Å². The Labute approximate surface area is 80.8 Å². The molecule has 0 aliphatic heterocycles. The molecular formula is C10H21NO2. The van der Waals surface area contributed by atoms with Crippen LogP contribution in [-0.4, -0.2) is 25.7 Å². The number of nitrogens with one attached hydrogen (secondary N) is 1. The van der Waals surface area contributed by atoms with Gasteiger partial charge in [0.15, 0.2) is 0 Å². The number of hydrogen-bond acceptors (Lipinski definition) is 3. The van der Waals surface area contributed by atoms with Crippen molar-refractivity contribution in [3.05, 3.63) is 0 Å². The van der Waals surface area contributed by atoms with Gasteiger partial charge >= 0.3 is 5.97 Å². The van der Waals surface area contributed by atoms with Gasteiger partial charge in [-0.05, 0) is 25.3 Å². The van der Waals surface area contributed by atoms with Crippen LogP contribution in [0.2, 0.25) is 0 Å². The summed E-state index contributed by atoms with van der Waals surface area (Å²) in [6.07, 6.45) is 1.05. The lowest BCUT2D eigenvalue weighted by Gasteiger charge is -2.19. The molecule has 1 atom stereocenters.